The number of rotatable bonds is 2. The molecule has 0 aromatic carbocycles. The molecule has 5 atom stereocenters. The van der Waals surface area contributed by atoms with Crippen LogP contribution < -0.4 is 5.48 Å². The second kappa shape index (κ2) is 1.81. The summed E-state index contributed by atoms with van der Waals surface area (Å²) >= 11 is 0. The van der Waals surface area contributed by atoms with Crippen molar-refractivity contribution in [2.45, 2.75) is 37.8 Å². The van der Waals surface area contributed by atoms with Gasteiger partial charge in [0.2, 0.25) is 0 Å². The molecule has 3 saturated carbocycles. The van der Waals surface area contributed by atoms with Crippen molar-refractivity contribution in [1.82, 2.24) is 5.48 Å². The Balaban J connectivity index is 1.96. The van der Waals surface area contributed by atoms with Gasteiger partial charge in [-0.1, -0.05) is 6.92 Å². The van der Waals surface area contributed by atoms with Gasteiger partial charge in [0.05, 0.1) is 18.2 Å². The quantitative estimate of drug-likeness (QED) is 0.619. The Morgan fingerprint density at radius 3 is 2.54 bits per heavy atom. The molecule has 2 N–H and O–H groups in total. The van der Waals surface area contributed by atoms with E-state index in [1.807, 2.05) is 6.92 Å². The van der Waals surface area contributed by atoms with E-state index in [9.17, 15) is 5.11 Å². The molecule has 0 heterocycles. The van der Waals surface area contributed by atoms with Gasteiger partial charge in [-0.3, -0.25) is 0 Å². The molecule has 0 bridgehead atoms. The lowest BCUT2D eigenvalue weighted by Crippen LogP contribution is -2.97. The van der Waals surface area contributed by atoms with E-state index in [1.54, 1.807) is 7.11 Å². The average Bonchev–Trinajstić information content (AvgIpc) is 2.07. The fraction of sp³-hybridized carbons (Fsp3) is 1.00. The van der Waals surface area contributed by atoms with E-state index in [-0.39, 0.29) is 5.54 Å². The van der Waals surface area contributed by atoms with Crippen molar-refractivity contribution >= 4 is 0 Å². The topological polar surface area (TPSA) is 41.5 Å². The molecule has 3 aliphatic rings. The fourth-order valence-electron chi connectivity index (χ4n) is 4.51. The van der Waals surface area contributed by atoms with Crippen molar-refractivity contribution in [2.75, 3.05) is 7.11 Å². The number of nitrogens with one attached hydrogen (secondary N) is 1. The van der Waals surface area contributed by atoms with Crippen LogP contribution in [0.3, 0.4) is 0 Å². The first-order chi connectivity index (χ1) is 6.00. The molecule has 74 valence electrons. The first kappa shape index (κ1) is 8.21. The number of hydrogen-bond donors (Lipinski definition) is 2. The fourth-order valence-corrected chi connectivity index (χ4v) is 4.51. The molecule has 0 radical (unpaired) electrons. The van der Waals surface area contributed by atoms with Crippen LogP contribution in [0.15, 0.2) is 0 Å². The molecule has 0 amide bonds. The van der Waals surface area contributed by atoms with E-state index in [0.717, 1.165) is 12.3 Å². The van der Waals surface area contributed by atoms with Crippen LogP contribution in [0.2, 0.25) is 0 Å². The Hall–Kier alpha value is -0.120. The van der Waals surface area contributed by atoms with Crippen LogP contribution >= 0.6 is 0 Å². The summed E-state index contributed by atoms with van der Waals surface area (Å²) in [5.41, 5.74) is 2.64. The molecule has 3 rings (SSSR count). The number of hydrogen-bond acceptors (Lipinski definition) is 3. The van der Waals surface area contributed by atoms with Crippen molar-refractivity contribution in [1.29, 1.82) is 0 Å². The van der Waals surface area contributed by atoms with Crippen molar-refractivity contribution in [3.8, 4) is 0 Å². The van der Waals surface area contributed by atoms with Crippen LogP contribution in [0.1, 0.15) is 26.7 Å². The molecule has 13 heavy (non-hydrogen) atoms. The summed E-state index contributed by atoms with van der Waals surface area (Å²) in [5, 5.41) is 10.3. The molecule has 0 aliphatic heterocycles. The average molecular weight is 183 g/mol. The summed E-state index contributed by atoms with van der Waals surface area (Å²) in [4.78, 5) is 5.03. The molecule has 0 saturated heterocycles. The van der Waals surface area contributed by atoms with Crippen LogP contribution in [0.4, 0.5) is 0 Å². The van der Waals surface area contributed by atoms with E-state index in [4.69, 9.17) is 4.84 Å². The van der Waals surface area contributed by atoms with E-state index < -0.39 is 5.60 Å². The third-order valence-corrected chi connectivity index (χ3v) is 5.38. The van der Waals surface area contributed by atoms with Crippen molar-refractivity contribution in [3.05, 3.63) is 0 Å². The van der Waals surface area contributed by atoms with Crippen LogP contribution in [0.25, 0.3) is 0 Å². The van der Waals surface area contributed by atoms with Gasteiger partial charge in [-0.15, -0.1) is 0 Å². The van der Waals surface area contributed by atoms with Gasteiger partial charge in [0, 0.05) is 0 Å². The lowest BCUT2D eigenvalue weighted by atomic mass is 9.19. The largest absolute Gasteiger partial charge is 0.388 e. The number of aliphatic hydroxyl groups is 1. The van der Waals surface area contributed by atoms with Gasteiger partial charge in [-0.2, -0.15) is 5.48 Å². The van der Waals surface area contributed by atoms with Gasteiger partial charge >= 0.3 is 0 Å². The van der Waals surface area contributed by atoms with E-state index in [1.165, 1.54) is 6.42 Å². The molecule has 3 aliphatic carbocycles. The molecule has 0 aromatic rings. The monoisotopic (exact) mass is 183 g/mol. The highest BCUT2D eigenvalue weighted by atomic mass is 16.6. The zero-order chi connectivity index (χ0) is 9.48. The smallest absolute Gasteiger partial charge is 0.0862 e. The van der Waals surface area contributed by atoms with E-state index in [0.29, 0.717) is 11.3 Å². The lowest BCUT2D eigenvalue weighted by molar-refractivity contribution is -0.431. The highest BCUT2D eigenvalue weighted by Crippen LogP contribution is 2.83. The molecule has 3 nitrogen and oxygen atoms in total. The highest BCUT2D eigenvalue weighted by molar-refractivity contribution is 5.41. The third kappa shape index (κ3) is 0.485. The van der Waals surface area contributed by atoms with E-state index >= 15 is 0 Å². The molecular weight excluding hydrogens is 166 g/mol. The van der Waals surface area contributed by atoms with Crippen molar-refractivity contribution < 1.29 is 9.94 Å². The van der Waals surface area contributed by atoms with Crippen LogP contribution in [-0.2, 0) is 4.84 Å². The van der Waals surface area contributed by atoms with Gasteiger partial charge in [-0.25, -0.2) is 0 Å². The van der Waals surface area contributed by atoms with Gasteiger partial charge in [0.25, 0.3) is 0 Å². The predicted molar refractivity (Wildman–Crippen MR) is 47.8 cm³/mol. The first-order valence-electron chi connectivity index (χ1n) is 5.03. The summed E-state index contributed by atoms with van der Waals surface area (Å²) in [6, 6.07) is 0. The van der Waals surface area contributed by atoms with Crippen LogP contribution in [0, 0.1) is 17.3 Å². The van der Waals surface area contributed by atoms with Gasteiger partial charge in [0.15, 0.2) is 0 Å². The number of hydroxylamine groups is 1. The Morgan fingerprint density at radius 1 is 1.46 bits per heavy atom. The second-order valence-electron chi connectivity index (χ2n) is 5.33. The summed E-state index contributed by atoms with van der Waals surface area (Å²) < 4.78 is 0. The first-order valence-corrected chi connectivity index (χ1v) is 5.03. The SMILES string of the molecule is CON[C@]12C[C@@H]3C[C@@H](C31C)[C@]2(C)O. The highest BCUT2D eigenvalue weighted by Gasteiger charge is 2.89. The standard InChI is InChI=1S/C10H17NO2/c1-8-6-4-7(8)9(2,12)10(8,5-6)11-13-3/h6-7,11-12H,4-5H2,1-3H3/t6-,7-,8?,9-,10+/m0/s1. The molecule has 3 fully saturated rings. The Labute approximate surface area is 78.4 Å². The predicted octanol–water partition coefficient (Wildman–Crippen LogP) is 0.687. The van der Waals surface area contributed by atoms with E-state index in [2.05, 4.69) is 12.4 Å². The molecule has 0 aromatic heterocycles. The minimum atomic E-state index is -0.563. The maximum atomic E-state index is 10.3. The van der Waals surface area contributed by atoms with Crippen LogP contribution in [0.5, 0.6) is 0 Å². The summed E-state index contributed by atoms with van der Waals surface area (Å²) in [6.45, 7) is 4.22. The Kier molecular flexibility index (Phi) is 1.14. The van der Waals surface area contributed by atoms with Crippen molar-refractivity contribution in [2.24, 2.45) is 17.3 Å². The lowest BCUT2D eigenvalue weighted by Gasteiger charge is -2.88. The maximum absolute atomic E-state index is 10.3. The Morgan fingerprint density at radius 2 is 2.15 bits per heavy atom. The van der Waals surface area contributed by atoms with Gasteiger partial charge in [0.1, 0.15) is 0 Å². The summed E-state index contributed by atoms with van der Waals surface area (Å²) in [7, 11) is 1.63. The Bertz CT molecular complexity index is 261. The zero-order valence-electron chi connectivity index (χ0n) is 8.42. The van der Waals surface area contributed by atoms with Crippen LogP contribution in [-0.4, -0.2) is 23.4 Å². The summed E-state index contributed by atoms with van der Waals surface area (Å²) in [5.74, 6) is 1.31. The third-order valence-electron chi connectivity index (χ3n) is 5.38. The van der Waals surface area contributed by atoms with Crippen molar-refractivity contribution in [3.63, 3.8) is 0 Å². The molecule has 3 heteroatoms. The minimum absolute atomic E-state index is 0.150. The molecule has 1 unspecified atom stereocenters. The normalized spacial score (nSPS) is 67.4. The molecule has 0 spiro atoms. The van der Waals surface area contributed by atoms with Gasteiger partial charge < -0.3 is 9.94 Å². The maximum Gasteiger partial charge on any atom is 0.0862 e. The summed E-state index contributed by atoms with van der Waals surface area (Å²) in [6.07, 6.45) is 2.28. The zero-order valence-corrected chi connectivity index (χ0v) is 8.42. The molecular formula is C10H17NO2. The van der Waals surface area contributed by atoms with Gasteiger partial charge in [-0.05, 0) is 37.0 Å². The minimum Gasteiger partial charge on any atom is -0.388 e. The second-order valence-corrected chi connectivity index (χ2v) is 5.33.